The zero-order valence-electron chi connectivity index (χ0n) is 11.1. The van der Waals surface area contributed by atoms with E-state index in [-0.39, 0.29) is 12.6 Å². The van der Waals surface area contributed by atoms with Crippen LogP contribution in [0.15, 0.2) is 24.4 Å². The van der Waals surface area contributed by atoms with Crippen LogP contribution in [0.25, 0.3) is 5.69 Å². The van der Waals surface area contributed by atoms with E-state index in [1.54, 1.807) is 16.8 Å². The van der Waals surface area contributed by atoms with Crippen molar-refractivity contribution in [2.24, 2.45) is 0 Å². The molecule has 0 amide bonds. The quantitative estimate of drug-likeness (QED) is 0.859. The molecule has 1 heterocycles. The van der Waals surface area contributed by atoms with Crippen LogP contribution in [0.1, 0.15) is 19.0 Å². The topological polar surface area (TPSA) is 63.0 Å². The van der Waals surface area contributed by atoms with Crippen molar-refractivity contribution in [2.75, 3.05) is 6.61 Å². The third kappa shape index (κ3) is 3.70. The van der Waals surface area contributed by atoms with Crippen LogP contribution < -0.4 is 5.32 Å². The molecule has 0 spiro atoms. The van der Waals surface area contributed by atoms with Gasteiger partial charge in [-0.05, 0) is 24.6 Å². The predicted molar refractivity (Wildman–Crippen MR) is 79.4 cm³/mol. The third-order valence-corrected chi connectivity index (χ3v) is 3.73. The van der Waals surface area contributed by atoms with Crippen LogP contribution in [0.4, 0.5) is 0 Å². The molecule has 108 valence electrons. The standard InChI is InChI=1S/C13H16Cl2N4O/c1-2-9(8-20)16-6-10-7-19(18-17-10)11-3-4-12(14)13(15)5-11/h3-5,7,9,16,20H,2,6,8H2,1H3/t9-/m0/s1. The zero-order chi connectivity index (χ0) is 14.5. The first-order valence-corrected chi connectivity index (χ1v) is 7.10. The van der Waals surface area contributed by atoms with E-state index in [4.69, 9.17) is 28.3 Å². The molecule has 1 atom stereocenters. The second-order valence-corrected chi connectivity index (χ2v) is 5.24. The molecule has 0 bridgehead atoms. The first-order chi connectivity index (χ1) is 9.63. The maximum absolute atomic E-state index is 9.11. The number of aromatic nitrogens is 3. The van der Waals surface area contributed by atoms with E-state index in [1.165, 1.54) is 0 Å². The van der Waals surface area contributed by atoms with Crippen LogP contribution in [0, 0.1) is 0 Å². The highest BCUT2D eigenvalue weighted by Gasteiger charge is 2.08. The first-order valence-electron chi connectivity index (χ1n) is 6.35. The van der Waals surface area contributed by atoms with Crippen molar-refractivity contribution in [3.8, 4) is 5.69 Å². The summed E-state index contributed by atoms with van der Waals surface area (Å²) < 4.78 is 1.64. The van der Waals surface area contributed by atoms with E-state index in [1.807, 2.05) is 19.2 Å². The Kier molecular flexibility index (Phi) is 5.37. The van der Waals surface area contributed by atoms with E-state index in [9.17, 15) is 0 Å². The third-order valence-electron chi connectivity index (χ3n) is 2.99. The van der Waals surface area contributed by atoms with Gasteiger partial charge in [-0.15, -0.1) is 5.10 Å². The van der Waals surface area contributed by atoms with E-state index in [2.05, 4.69) is 15.6 Å². The molecule has 1 aromatic heterocycles. The second kappa shape index (κ2) is 7.04. The Bertz CT molecular complexity index is 569. The molecule has 2 N–H and O–H groups in total. The van der Waals surface area contributed by atoms with Gasteiger partial charge >= 0.3 is 0 Å². The van der Waals surface area contributed by atoms with Gasteiger partial charge in [0.15, 0.2) is 0 Å². The number of halogens is 2. The normalized spacial score (nSPS) is 12.6. The van der Waals surface area contributed by atoms with Crippen LogP contribution in [0.3, 0.4) is 0 Å². The average molecular weight is 315 g/mol. The molecular formula is C13H16Cl2N4O. The van der Waals surface area contributed by atoms with Crippen molar-refractivity contribution in [1.29, 1.82) is 0 Å². The summed E-state index contributed by atoms with van der Waals surface area (Å²) >= 11 is 11.9. The van der Waals surface area contributed by atoms with E-state index >= 15 is 0 Å². The number of benzene rings is 1. The highest BCUT2D eigenvalue weighted by atomic mass is 35.5. The predicted octanol–water partition coefficient (Wildman–Crippen LogP) is 2.43. The van der Waals surface area contributed by atoms with Crippen LogP contribution in [0.2, 0.25) is 10.0 Å². The number of nitrogens with one attached hydrogen (secondary N) is 1. The smallest absolute Gasteiger partial charge is 0.0969 e. The minimum absolute atomic E-state index is 0.0742. The molecule has 0 saturated carbocycles. The fourth-order valence-electron chi connectivity index (χ4n) is 1.72. The fourth-order valence-corrected chi connectivity index (χ4v) is 2.01. The van der Waals surface area contributed by atoms with Crippen LogP contribution >= 0.6 is 23.2 Å². The van der Waals surface area contributed by atoms with Crippen molar-refractivity contribution >= 4 is 23.2 Å². The Morgan fingerprint density at radius 3 is 2.80 bits per heavy atom. The Morgan fingerprint density at radius 1 is 1.35 bits per heavy atom. The molecule has 2 rings (SSSR count). The summed E-state index contributed by atoms with van der Waals surface area (Å²) in [5.74, 6) is 0. The molecule has 20 heavy (non-hydrogen) atoms. The highest BCUT2D eigenvalue weighted by molar-refractivity contribution is 6.42. The summed E-state index contributed by atoms with van der Waals surface area (Å²) in [5, 5.41) is 21.4. The number of hydrogen-bond donors (Lipinski definition) is 2. The number of nitrogens with zero attached hydrogens (tertiary/aromatic N) is 3. The Labute approximate surface area is 127 Å². The summed E-state index contributed by atoms with van der Waals surface area (Å²) in [6.07, 6.45) is 2.67. The Morgan fingerprint density at radius 2 is 2.15 bits per heavy atom. The van der Waals surface area contributed by atoms with Crippen LogP contribution in [0.5, 0.6) is 0 Å². The minimum atomic E-state index is 0.0742. The van der Waals surface area contributed by atoms with Gasteiger partial charge in [0.25, 0.3) is 0 Å². The molecule has 0 saturated heterocycles. The zero-order valence-corrected chi connectivity index (χ0v) is 12.6. The number of hydrogen-bond acceptors (Lipinski definition) is 4. The van der Waals surface area contributed by atoms with Gasteiger partial charge in [-0.3, -0.25) is 0 Å². The molecular weight excluding hydrogens is 299 g/mol. The van der Waals surface area contributed by atoms with Gasteiger partial charge in [0.2, 0.25) is 0 Å². The van der Waals surface area contributed by atoms with Gasteiger partial charge in [0.1, 0.15) is 0 Å². The largest absolute Gasteiger partial charge is 0.395 e. The lowest BCUT2D eigenvalue weighted by Crippen LogP contribution is -2.31. The van der Waals surface area contributed by atoms with Gasteiger partial charge in [0, 0.05) is 12.6 Å². The molecule has 1 aromatic carbocycles. The summed E-state index contributed by atoms with van der Waals surface area (Å²) in [5.41, 5.74) is 1.59. The molecule has 5 nitrogen and oxygen atoms in total. The lowest BCUT2D eigenvalue weighted by atomic mass is 10.2. The molecule has 7 heteroatoms. The summed E-state index contributed by atoms with van der Waals surface area (Å²) in [4.78, 5) is 0. The van der Waals surface area contributed by atoms with E-state index in [0.29, 0.717) is 16.6 Å². The molecule has 0 fully saturated rings. The average Bonchev–Trinajstić information content (AvgIpc) is 2.92. The van der Waals surface area contributed by atoms with Crippen LogP contribution in [-0.2, 0) is 6.54 Å². The van der Waals surface area contributed by atoms with Crippen molar-refractivity contribution in [3.63, 3.8) is 0 Å². The lowest BCUT2D eigenvalue weighted by Gasteiger charge is -2.11. The number of aliphatic hydroxyl groups is 1. The molecule has 0 aliphatic carbocycles. The number of aliphatic hydroxyl groups excluding tert-OH is 1. The maximum Gasteiger partial charge on any atom is 0.0969 e. The summed E-state index contributed by atoms with van der Waals surface area (Å²) in [7, 11) is 0. The molecule has 0 aliphatic heterocycles. The first kappa shape index (κ1) is 15.3. The Hall–Kier alpha value is -1.14. The van der Waals surface area contributed by atoms with E-state index in [0.717, 1.165) is 17.8 Å². The Balaban J connectivity index is 2.06. The highest BCUT2D eigenvalue weighted by Crippen LogP contribution is 2.24. The second-order valence-electron chi connectivity index (χ2n) is 4.42. The van der Waals surface area contributed by atoms with Gasteiger partial charge < -0.3 is 10.4 Å². The molecule has 0 unspecified atom stereocenters. The molecule has 0 aliphatic rings. The molecule has 2 aromatic rings. The minimum Gasteiger partial charge on any atom is -0.395 e. The fraction of sp³-hybridized carbons (Fsp3) is 0.385. The van der Waals surface area contributed by atoms with Crippen molar-refractivity contribution in [2.45, 2.75) is 25.9 Å². The summed E-state index contributed by atoms with van der Waals surface area (Å²) in [6, 6.07) is 5.35. The van der Waals surface area contributed by atoms with Crippen molar-refractivity contribution in [1.82, 2.24) is 20.3 Å². The van der Waals surface area contributed by atoms with Gasteiger partial charge in [-0.1, -0.05) is 35.3 Å². The van der Waals surface area contributed by atoms with E-state index < -0.39 is 0 Å². The monoisotopic (exact) mass is 314 g/mol. The van der Waals surface area contributed by atoms with Gasteiger partial charge in [-0.2, -0.15) is 0 Å². The van der Waals surface area contributed by atoms with Gasteiger partial charge in [-0.25, -0.2) is 4.68 Å². The molecule has 0 radical (unpaired) electrons. The SMILES string of the molecule is CC[C@@H](CO)NCc1cn(-c2ccc(Cl)c(Cl)c2)nn1. The lowest BCUT2D eigenvalue weighted by molar-refractivity contribution is 0.238. The van der Waals surface area contributed by atoms with Crippen molar-refractivity contribution < 1.29 is 5.11 Å². The summed E-state index contributed by atoms with van der Waals surface area (Å²) in [6.45, 7) is 2.68. The maximum atomic E-state index is 9.11. The number of rotatable bonds is 6. The van der Waals surface area contributed by atoms with Gasteiger partial charge in [0.05, 0.1) is 34.2 Å². The van der Waals surface area contributed by atoms with Crippen molar-refractivity contribution in [3.05, 3.63) is 40.1 Å². The van der Waals surface area contributed by atoms with Crippen LogP contribution in [-0.4, -0.2) is 32.7 Å².